The van der Waals surface area contributed by atoms with E-state index < -0.39 is 6.10 Å². The molecule has 2 aromatic rings. The van der Waals surface area contributed by atoms with Crippen LogP contribution < -0.4 is 10.1 Å². The van der Waals surface area contributed by atoms with Gasteiger partial charge in [-0.15, -0.1) is 0 Å². The van der Waals surface area contributed by atoms with Crippen LogP contribution in [0.1, 0.15) is 37.8 Å². The van der Waals surface area contributed by atoms with Gasteiger partial charge in [-0.3, -0.25) is 4.79 Å². The number of nitrogens with one attached hydrogen (secondary N) is 1. The summed E-state index contributed by atoms with van der Waals surface area (Å²) in [6.45, 7) is 6.56. The zero-order chi connectivity index (χ0) is 17.5. The maximum atomic E-state index is 12.2. The Morgan fingerprint density at radius 2 is 1.75 bits per heavy atom. The molecule has 0 aromatic heterocycles. The van der Waals surface area contributed by atoms with Crippen molar-refractivity contribution in [2.45, 2.75) is 39.2 Å². The van der Waals surface area contributed by atoms with Crippen molar-refractivity contribution in [1.29, 1.82) is 0 Å². The van der Waals surface area contributed by atoms with Gasteiger partial charge < -0.3 is 10.1 Å². The largest absolute Gasteiger partial charge is 0.481 e. The zero-order valence-corrected chi connectivity index (χ0v) is 15.1. The van der Waals surface area contributed by atoms with Gasteiger partial charge in [-0.2, -0.15) is 0 Å². The number of benzene rings is 2. The summed E-state index contributed by atoms with van der Waals surface area (Å²) in [5.41, 5.74) is 2.25. The molecule has 0 bridgehead atoms. The van der Waals surface area contributed by atoms with E-state index in [1.807, 2.05) is 48.5 Å². The molecule has 3 nitrogen and oxygen atoms in total. The molecule has 0 saturated heterocycles. The van der Waals surface area contributed by atoms with E-state index in [0.717, 1.165) is 23.3 Å². The number of para-hydroxylation sites is 1. The van der Waals surface area contributed by atoms with Crippen LogP contribution in [-0.2, 0) is 11.2 Å². The average Bonchev–Trinajstić information content (AvgIpc) is 2.56. The van der Waals surface area contributed by atoms with Gasteiger partial charge in [0.1, 0.15) is 5.75 Å². The van der Waals surface area contributed by atoms with Gasteiger partial charge in [-0.1, -0.05) is 55.8 Å². The first-order valence-corrected chi connectivity index (χ1v) is 8.63. The summed E-state index contributed by atoms with van der Waals surface area (Å²) >= 11 is 5.86. The lowest BCUT2D eigenvalue weighted by Gasteiger charge is -2.18. The van der Waals surface area contributed by atoms with Crippen LogP contribution in [0.2, 0.25) is 5.02 Å². The van der Waals surface area contributed by atoms with Crippen LogP contribution in [-0.4, -0.2) is 18.6 Å². The van der Waals surface area contributed by atoms with Gasteiger partial charge in [-0.05, 0) is 48.6 Å². The Hall–Kier alpha value is -2.00. The summed E-state index contributed by atoms with van der Waals surface area (Å²) in [4.78, 5) is 12.2. The summed E-state index contributed by atoms with van der Waals surface area (Å²) in [6, 6.07) is 15.5. The fourth-order valence-electron chi connectivity index (χ4n) is 2.43. The van der Waals surface area contributed by atoms with Gasteiger partial charge in [0.05, 0.1) is 0 Å². The Kier molecular flexibility index (Phi) is 6.68. The molecule has 0 aliphatic rings. The van der Waals surface area contributed by atoms with Crippen LogP contribution in [0.4, 0.5) is 0 Å². The summed E-state index contributed by atoms with van der Waals surface area (Å²) in [5.74, 6) is 1.01. The maximum absolute atomic E-state index is 12.2. The second-order valence-corrected chi connectivity index (χ2v) is 6.56. The maximum Gasteiger partial charge on any atom is 0.260 e. The van der Waals surface area contributed by atoms with E-state index in [1.165, 1.54) is 0 Å². The fourth-order valence-corrected chi connectivity index (χ4v) is 2.56. The number of amides is 1. The van der Waals surface area contributed by atoms with Crippen molar-refractivity contribution < 1.29 is 9.53 Å². The number of hydrogen-bond donors (Lipinski definition) is 1. The number of ether oxygens (including phenoxy) is 1. The molecule has 0 aliphatic carbocycles. The molecular weight excluding hydrogens is 322 g/mol. The van der Waals surface area contributed by atoms with Gasteiger partial charge in [0, 0.05) is 11.6 Å². The molecule has 24 heavy (non-hydrogen) atoms. The first-order valence-electron chi connectivity index (χ1n) is 8.25. The minimum absolute atomic E-state index is 0.109. The molecule has 1 N–H and O–H groups in total. The number of halogens is 1. The molecule has 0 aliphatic heterocycles. The van der Waals surface area contributed by atoms with Crippen LogP contribution in [0.25, 0.3) is 0 Å². The third-order valence-electron chi connectivity index (χ3n) is 3.84. The van der Waals surface area contributed by atoms with E-state index in [-0.39, 0.29) is 5.91 Å². The van der Waals surface area contributed by atoms with Crippen molar-refractivity contribution in [3.8, 4) is 5.75 Å². The van der Waals surface area contributed by atoms with E-state index in [4.69, 9.17) is 16.3 Å². The van der Waals surface area contributed by atoms with Crippen LogP contribution in [0.15, 0.2) is 48.5 Å². The number of hydrogen-bond acceptors (Lipinski definition) is 2. The zero-order valence-electron chi connectivity index (χ0n) is 14.4. The van der Waals surface area contributed by atoms with Gasteiger partial charge in [0.15, 0.2) is 6.10 Å². The predicted octanol–water partition coefficient (Wildman–Crippen LogP) is 4.59. The number of carbonyl (C=O) groups excluding carboxylic acids is 1. The summed E-state index contributed by atoms with van der Waals surface area (Å²) in [7, 11) is 0. The second-order valence-electron chi connectivity index (χ2n) is 6.12. The normalized spacial score (nSPS) is 12.0. The monoisotopic (exact) mass is 345 g/mol. The molecule has 0 heterocycles. The summed E-state index contributed by atoms with van der Waals surface area (Å²) in [6.07, 6.45) is 0.230. The molecule has 0 radical (unpaired) electrons. The van der Waals surface area contributed by atoms with Crippen LogP contribution in [0.5, 0.6) is 5.75 Å². The molecule has 1 amide bonds. The first-order chi connectivity index (χ1) is 11.5. The minimum atomic E-state index is -0.532. The number of rotatable bonds is 7. The molecule has 2 rings (SSSR count). The van der Waals surface area contributed by atoms with E-state index in [2.05, 4.69) is 19.2 Å². The Bertz CT molecular complexity index is 668. The summed E-state index contributed by atoms with van der Waals surface area (Å²) < 4.78 is 5.86. The quantitative estimate of drug-likeness (QED) is 0.797. The Balaban J connectivity index is 1.85. The van der Waals surface area contributed by atoms with Crippen LogP contribution in [0, 0.1) is 0 Å². The van der Waals surface area contributed by atoms with E-state index >= 15 is 0 Å². The van der Waals surface area contributed by atoms with E-state index in [1.54, 1.807) is 6.92 Å². The molecule has 128 valence electrons. The fraction of sp³-hybridized carbons (Fsp3) is 0.350. The third kappa shape index (κ3) is 5.27. The molecular formula is C20H24ClNO2. The van der Waals surface area contributed by atoms with Crippen molar-refractivity contribution in [3.63, 3.8) is 0 Å². The highest BCUT2D eigenvalue weighted by molar-refractivity contribution is 6.30. The van der Waals surface area contributed by atoms with Crippen molar-refractivity contribution >= 4 is 17.5 Å². The van der Waals surface area contributed by atoms with Crippen molar-refractivity contribution in [3.05, 3.63) is 64.7 Å². The third-order valence-corrected chi connectivity index (χ3v) is 4.09. The van der Waals surface area contributed by atoms with Gasteiger partial charge in [-0.25, -0.2) is 0 Å². The van der Waals surface area contributed by atoms with Gasteiger partial charge >= 0.3 is 0 Å². The highest BCUT2D eigenvalue weighted by Gasteiger charge is 2.16. The molecule has 0 fully saturated rings. The highest BCUT2D eigenvalue weighted by Crippen LogP contribution is 2.26. The average molecular weight is 346 g/mol. The van der Waals surface area contributed by atoms with Crippen LogP contribution >= 0.6 is 11.6 Å². The Morgan fingerprint density at radius 1 is 1.08 bits per heavy atom. The molecule has 0 saturated carbocycles. The van der Waals surface area contributed by atoms with Crippen molar-refractivity contribution in [2.75, 3.05) is 6.54 Å². The predicted molar refractivity (Wildman–Crippen MR) is 98.8 cm³/mol. The van der Waals surface area contributed by atoms with Gasteiger partial charge in [0.25, 0.3) is 5.91 Å². The molecule has 0 unspecified atom stereocenters. The standard InChI is InChI=1S/C20H24ClNO2/c1-14(2)18-6-4-5-7-19(18)24-15(3)20(23)22-13-12-16-8-10-17(21)11-9-16/h4-11,14-15H,12-13H2,1-3H3,(H,22,23)/t15-/m1/s1. The van der Waals surface area contributed by atoms with Crippen LogP contribution in [0.3, 0.4) is 0 Å². The Labute approximate surface area is 149 Å². The molecule has 2 aromatic carbocycles. The lowest BCUT2D eigenvalue weighted by Crippen LogP contribution is -2.37. The molecule has 1 atom stereocenters. The minimum Gasteiger partial charge on any atom is -0.481 e. The lowest BCUT2D eigenvalue weighted by molar-refractivity contribution is -0.127. The SMILES string of the molecule is CC(C)c1ccccc1O[C@H](C)C(=O)NCCc1ccc(Cl)cc1. The molecule has 4 heteroatoms. The van der Waals surface area contributed by atoms with E-state index in [0.29, 0.717) is 17.5 Å². The number of carbonyl (C=O) groups is 1. The van der Waals surface area contributed by atoms with E-state index in [9.17, 15) is 4.79 Å². The summed E-state index contributed by atoms with van der Waals surface area (Å²) in [5, 5.41) is 3.63. The van der Waals surface area contributed by atoms with Crippen molar-refractivity contribution in [1.82, 2.24) is 5.32 Å². The highest BCUT2D eigenvalue weighted by atomic mass is 35.5. The topological polar surface area (TPSA) is 38.3 Å². The van der Waals surface area contributed by atoms with Gasteiger partial charge in [0.2, 0.25) is 0 Å². The lowest BCUT2D eigenvalue weighted by atomic mass is 10.0. The van der Waals surface area contributed by atoms with Crippen molar-refractivity contribution in [2.24, 2.45) is 0 Å². The second kappa shape index (κ2) is 8.74. The first kappa shape index (κ1) is 18.3. The Morgan fingerprint density at radius 3 is 2.42 bits per heavy atom. The molecule has 0 spiro atoms. The smallest absolute Gasteiger partial charge is 0.260 e.